The summed E-state index contributed by atoms with van der Waals surface area (Å²) in [5.74, 6) is -5.23. The Morgan fingerprint density at radius 1 is 1.46 bits per heavy atom. The van der Waals surface area contributed by atoms with E-state index in [1.165, 1.54) is 6.92 Å². The lowest BCUT2D eigenvalue weighted by Gasteiger charge is -2.41. The number of hydrogen-bond acceptors (Lipinski definition) is 3. The van der Waals surface area contributed by atoms with Gasteiger partial charge >= 0.3 is 6.18 Å². The second-order valence-electron chi connectivity index (χ2n) is 5.82. The predicted molar refractivity (Wildman–Crippen MR) is 73.0 cm³/mol. The Balaban J connectivity index is 2.08. The summed E-state index contributed by atoms with van der Waals surface area (Å²) in [6, 6.07) is -0.351. The number of alkyl halides is 5. The van der Waals surface area contributed by atoms with E-state index in [4.69, 9.17) is 0 Å². The molecule has 1 aliphatic rings. The molecule has 0 aliphatic carbocycles. The highest BCUT2D eigenvalue weighted by molar-refractivity contribution is 5.49. The van der Waals surface area contributed by atoms with Crippen molar-refractivity contribution >= 4 is 12.2 Å². The molecule has 2 rings (SSSR count). The maximum Gasteiger partial charge on any atom is 0.417 e. The molecule has 1 aliphatic heterocycles. The van der Waals surface area contributed by atoms with Crippen molar-refractivity contribution in [3.05, 3.63) is 23.6 Å². The monoisotopic (exact) mass is 355 g/mol. The number of rotatable bonds is 4. The van der Waals surface area contributed by atoms with Gasteiger partial charge in [-0.1, -0.05) is 6.92 Å². The molecule has 2 heterocycles. The molecule has 1 aromatic rings. The maximum atomic E-state index is 13.7. The molecule has 10 heteroatoms. The van der Waals surface area contributed by atoms with Gasteiger partial charge in [-0.25, -0.2) is 18.2 Å². The highest BCUT2D eigenvalue weighted by atomic mass is 19.4. The molecular formula is C14H15F6N3O. The third-order valence-electron chi connectivity index (χ3n) is 3.90. The van der Waals surface area contributed by atoms with Crippen LogP contribution in [0, 0.1) is 11.7 Å². The molecule has 0 aromatic carbocycles. The van der Waals surface area contributed by atoms with Crippen LogP contribution in [0.3, 0.4) is 0 Å². The molecule has 1 N–H and O–H groups in total. The molecule has 1 saturated heterocycles. The Hall–Kier alpha value is -2.00. The molecule has 134 valence electrons. The number of carbonyl (C=O) groups excluding carboxylic acids is 1. The van der Waals surface area contributed by atoms with Crippen molar-refractivity contribution in [2.45, 2.75) is 31.5 Å². The minimum atomic E-state index is -4.72. The van der Waals surface area contributed by atoms with Crippen molar-refractivity contribution in [3.63, 3.8) is 0 Å². The summed E-state index contributed by atoms with van der Waals surface area (Å²) in [5, 5.41) is 2.48. The van der Waals surface area contributed by atoms with E-state index in [1.54, 1.807) is 0 Å². The SMILES string of the molecule is C[C@@H]1CC(F)(F)CN(C=O)[C@@H]1CNc1ncc(C(F)(F)F)cc1F. The van der Waals surface area contributed by atoms with E-state index < -0.39 is 54.2 Å². The highest BCUT2D eigenvalue weighted by Crippen LogP contribution is 2.34. The summed E-state index contributed by atoms with van der Waals surface area (Å²) < 4.78 is 78.0. The van der Waals surface area contributed by atoms with Gasteiger partial charge in [0.05, 0.1) is 18.2 Å². The zero-order valence-electron chi connectivity index (χ0n) is 12.6. The van der Waals surface area contributed by atoms with Gasteiger partial charge < -0.3 is 10.2 Å². The first-order valence-electron chi connectivity index (χ1n) is 7.09. The van der Waals surface area contributed by atoms with Crippen LogP contribution in [0.5, 0.6) is 0 Å². The number of pyridine rings is 1. The molecule has 1 aromatic heterocycles. The summed E-state index contributed by atoms with van der Waals surface area (Å²) in [4.78, 5) is 15.3. The number of carbonyl (C=O) groups is 1. The van der Waals surface area contributed by atoms with Gasteiger partial charge in [-0.15, -0.1) is 0 Å². The number of amides is 1. The normalized spacial score (nSPS) is 23.9. The van der Waals surface area contributed by atoms with Crippen LogP contribution in [0.4, 0.5) is 32.2 Å². The van der Waals surface area contributed by atoms with Crippen LogP contribution in [0.25, 0.3) is 0 Å². The molecule has 2 atom stereocenters. The number of nitrogens with zero attached hydrogens (tertiary/aromatic N) is 2. The van der Waals surface area contributed by atoms with Crippen LogP contribution in [-0.2, 0) is 11.0 Å². The van der Waals surface area contributed by atoms with E-state index >= 15 is 0 Å². The Morgan fingerprint density at radius 3 is 2.67 bits per heavy atom. The molecule has 0 saturated carbocycles. The van der Waals surface area contributed by atoms with Crippen molar-refractivity contribution in [3.8, 4) is 0 Å². The van der Waals surface area contributed by atoms with E-state index in [2.05, 4.69) is 10.3 Å². The third-order valence-corrected chi connectivity index (χ3v) is 3.90. The molecule has 0 radical (unpaired) electrons. The van der Waals surface area contributed by atoms with E-state index in [0.717, 1.165) is 4.90 Å². The van der Waals surface area contributed by atoms with Crippen LogP contribution < -0.4 is 5.32 Å². The fraction of sp³-hybridized carbons (Fsp3) is 0.571. The Bertz CT molecular complexity index is 607. The molecule has 0 bridgehead atoms. The molecule has 0 unspecified atom stereocenters. The van der Waals surface area contributed by atoms with E-state index in [-0.39, 0.29) is 13.0 Å². The second-order valence-corrected chi connectivity index (χ2v) is 5.82. The first-order valence-corrected chi connectivity index (χ1v) is 7.09. The summed E-state index contributed by atoms with van der Waals surface area (Å²) >= 11 is 0. The maximum absolute atomic E-state index is 13.7. The molecule has 1 amide bonds. The summed E-state index contributed by atoms with van der Waals surface area (Å²) in [7, 11) is 0. The largest absolute Gasteiger partial charge is 0.417 e. The first kappa shape index (κ1) is 18.3. The lowest BCUT2D eigenvalue weighted by Crippen LogP contribution is -2.54. The van der Waals surface area contributed by atoms with Crippen LogP contribution >= 0.6 is 0 Å². The van der Waals surface area contributed by atoms with Crippen molar-refractivity contribution in [1.82, 2.24) is 9.88 Å². The minimum Gasteiger partial charge on any atom is -0.366 e. The number of anilines is 1. The fourth-order valence-electron chi connectivity index (χ4n) is 2.74. The quantitative estimate of drug-likeness (QED) is 0.667. The summed E-state index contributed by atoms with van der Waals surface area (Å²) in [6.45, 7) is 0.661. The molecule has 4 nitrogen and oxygen atoms in total. The summed E-state index contributed by atoms with van der Waals surface area (Å²) in [5.41, 5.74) is -1.23. The van der Waals surface area contributed by atoms with Gasteiger partial charge in [-0.05, 0) is 12.0 Å². The minimum absolute atomic E-state index is 0.106. The number of piperidine rings is 1. The number of nitrogens with one attached hydrogen (secondary N) is 1. The molecular weight excluding hydrogens is 340 g/mol. The van der Waals surface area contributed by atoms with Gasteiger partial charge in [0.1, 0.15) is 0 Å². The second kappa shape index (κ2) is 6.48. The zero-order valence-corrected chi connectivity index (χ0v) is 12.6. The smallest absolute Gasteiger partial charge is 0.366 e. The number of likely N-dealkylation sites (tertiary alicyclic amines) is 1. The number of hydrogen-bond donors (Lipinski definition) is 1. The zero-order chi connectivity index (χ0) is 18.1. The van der Waals surface area contributed by atoms with Crippen LogP contribution in [0.1, 0.15) is 18.9 Å². The van der Waals surface area contributed by atoms with E-state index in [0.29, 0.717) is 12.3 Å². The number of aromatic nitrogens is 1. The van der Waals surface area contributed by atoms with Crippen LogP contribution in [0.2, 0.25) is 0 Å². The lowest BCUT2D eigenvalue weighted by atomic mass is 9.89. The topological polar surface area (TPSA) is 45.2 Å². The number of halogens is 6. The van der Waals surface area contributed by atoms with Gasteiger partial charge in [0.15, 0.2) is 11.6 Å². The molecule has 0 spiro atoms. The van der Waals surface area contributed by atoms with Crippen molar-refractivity contribution in [1.29, 1.82) is 0 Å². The van der Waals surface area contributed by atoms with Gasteiger partial charge in [-0.3, -0.25) is 4.79 Å². The average molecular weight is 355 g/mol. The Morgan fingerprint density at radius 2 is 2.12 bits per heavy atom. The fourth-order valence-corrected chi connectivity index (χ4v) is 2.74. The molecule has 24 heavy (non-hydrogen) atoms. The van der Waals surface area contributed by atoms with E-state index in [9.17, 15) is 31.1 Å². The molecule has 1 fully saturated rings. The van der Waals surface area contributed by atoms with Gasteiger partial charge in [-0.2, -0.15) is 13.2 Å². The first-order chi connectivity index (χ1) is 11.0. The Labute approximate surface area is 133 Å². The lowest BCUT2D eigenvalue weighted by molar-refractivity contribution is -0.139. The van der Waals surface area contributed by atoms with Crippen LogP contribution in [0.15, 0.2) is 12.3 Å². The third kappa shape index (κ3) is 4.09. The highest BCUT2D eigenvalue weighted by Gasteiger charge is 2.43. The van der Waals surface area contributed by atoms with Gasteiger partial charge in [0, 0.05) is 19.2 Å². The van der Waals surface area contributed by atoms with Crippen LogP contribution in [-0.4, -0.2) is 41.3 Å². The van der Waals surface area contributed by atoms with Crippen molar-refractivity contribution in [2.24, 2.45) is 5.92 Å². The van der Waals surface area contributed by atoms with Gasteiger partial charge in [0.25, 0.3) is 5.92 Å². The van der Waals surface area contributed by atoms with E-state index in [1.807, 2.05) is 0 Å². The van der Waals surface area contributed by atoms with Crippen molar-refractivity contribution < 1.29 is 31.1 Å². The van der Waals surface area contributed by atoms with Gasteiger partial charge in [0.2, 0.25) is 6.41 Å². The summed E-state index contributed by atoms with van der Waals surface area (Å²) in [6.07, 6.45) is -4.40. The Kier molecular flexibility index (Phi) is 4.95. The predicted octanol–water partition coefficient (Wildman–Crippen LogP) is 3.15. The average Bonchev–Trinajstić information content (AvgIpc) is 2.45. The standard InChI is InChI=1S/C14H15F6N3O/c1-8-3-13(16,17)6-23(7-24)11(8)5-22-12-10(15)2-9(4-21-12)14(18,19)20/h2,4,7-8,11H,3,5-6H2,1H3,(H,21,22)/t8-,11-/m1/s1. The van der Waals surface area contributed by atoms with Crippen molar-refractivity contribution in [2.75, 3.05) is 18.4 Å².